The molecule has 0 aliphatic rings. The Balaban J connectivity index is 2.40. The zero-order valence-electron chi connectivity index (χ0n) is 21.7. The quantitative estimate of drug-likeness (QED) is 0.508. The summed E-state index contributed by atoms with van der Waals surface area (Å²) >= 11 is 0. The molecule has 9 heteroatoms. The average molecular weight is 504 g/mol. The van der Waals surface area contributed by atoms with E-state index in [-0.39, 0.29) is 18.4 Å². The average Bonchev–Trinajstić information content (AvgIpc) is 2.80. The Bertz CT molecular complexity index is 1150. The highest BCUT2D eigenvalue weighted by atomic mass is 32.2. The summed E-state index contributed by atoms with van der Waals surface area (Å²) in [4.78, 5) is 27.9. The number of anilines is 1. The number of aryl methyl sites for hydroxylation is 2. The van der Waals surface area contributed by atoms with Gasteiger partial charge in [-0.05, 0) is 67.6 Å². The van der Waals surface area contributed by atoms with Crippen molar-refractivity contribution in [3.05, 3.63) is 59.2 Å². The van der Waals surface area contributed by atoms with E-state index in [1.807, 2.05) is 39.8 Å². The molecule has 2 aromatic carbocycles. The molecule has 0 bridgehead atoms. The first-order valence-corrected chi connectivity index (χ1v) is 13.4. The molecular formula is C26H37N3O5S. The van der Waals surface area contributed by atoms with Crippen molar-refractivity contribution in [1.82, 2.24) is 10.2 Å². The predicted molar refractivity (Wildman–Crippen MR) is 139 cm³/mol. The molecule has 192 valence electrons. The molecule has 0 saturated carbocycles. The van der Waals surface area contributed by atoms with Crippen LogP contribution in [0.3, 0.4) is 0 Å². The second-order valence-electron chi connectivity index (χ2n) is 9.23. The van der Waals surface area contributed by atoms with E-state index in [1.54, 1.807) is 44.4 Å². The lowest BCUT2D eigenvalue weighted by molar-refractivity contribution is -0.139. The summed E-state index contributed by atoms with van der Waals surface area (Å²) in [5.41, 5.74) is 3.10. The van der Waals surface area contributed by atoms with Gasteiger partial charge in [-0.3, -0.25) is 13.9 Å². The van der Waals surface area contributed by atoms with Crippen LogP contribution in [0.2, 0.25) is 0 Å². The van der Waals surface area contributed by atoms with E-state index in [1.165, 1.54) is 4.90 Å². The number of amides is 2. The number of carbonyl (C=O) groups is 2. The van der Waals surface area contributed by atoms with E-state index >= 15 is 0 Å². The molecule has 0 radical (unpaired) electrons. The van der Waals surface area contributed by atoms with E-state index in [0.717, 1.165) is 27.3 Å². The number of rotatable bonds is 11. The largest absolute Gasteiger partial charge is 0.497 e. The Labute approximate surface area is 209 Å². The Hall–Kier alpha value is -3.07. The minimum atomic E-state index is -3.76. The van der Waals surface area contributed by atoms with E-state index in [0.29, 0.717) is 18.0 Å². The summed E-state index contributed by atoms with van der Waals surface area (Å²) in [6.45, 7) is 9.61. The van der Waals surface area contributed by atoms with Gasteiger partial charge < -0.3 is 15.0 Å². The summed E-state index contributed by atoms with van der Waals surface area (Å²) < 4.78 is 31.7. The number of sulfonamides is 1. The molecule has 0 saturated heterocycles. The summed E-state index contributed by atoms with van der Waals surface area (Å²) in [5, 5.41) is 2.87. The molecule has 0 aliphatic heterocycles. The van der Waals surface area contributed by atoms with Crippen LogP contribution in [0.15, 0.2) is 42.5 Å². The highest BCUT2D eigenvalue weighted by molar-refractivity contribution is 7.92. The summed E-state index contributed by atoms with van der Waals surface area (Å²) in [5.74, 6) is 0.0922. The van der Waals surface area contributed by atoms with Gasteiger partial charge in [0.05, 0.1) is 19.1 Å². The first kappa shape index (κ1) is 28.2. The maximum atomic E-state index is 13.6. The van der Waals surface area contributed by atoms with Gasteiger partial charge in [0.1, 0.15) is 18.3 Å². The first-order chi connectivity index (χ1) is 16.3. The second-order valence-corrected chi connectivity index (χ2v) is 11.1. The molecule has 0 spiro atoms. The van der Waals surface area contributed by atoms with Crippen LogP contribution in [0.25, 0.3) is 0 Å². The molecule has 0 fully saturated rings. The molecule has 0 aromatic heterocycles. The van der Waals surface area contributed by atoms with Crippen LogP contribution in [0.5, 0.6) is 5.75 Å². The van der Waals surface area contributed by atoms with Gasteiger partial charge in [-0.15, -0.1) is 0 Å². The van der Waals surface area contributed by atoms with Crippen LogP contribution in [0.4, 0.5) is 5.69 Å². The number of hydrogen-bond donors (Lipinski definition) is 1. The zero-order valence-corrected chi connectivity index (χ0v) is 22.5. The topological polar surface area (TPSA) is 96.0 Å². The standard InChI is InChI=1S/C26H37N3O5S/c1-18(2)15-27-26(31)21(5)28(16-22-9-8-10-24(14-22)34-6)25(30)17-29(35(7,32)33)23-12-11-19(3)20(4)13-23/h8-14,18,21H,15-17H2,1-7H3,(H,27,31)/t21-/m1/s1. The highest BCUT2D eigenvalue weighted by Crippen LogP contribution is 2.22. The molecule has 1 N–H and O–H groups in total. The Morgan fingerprint density at radius 1 is 1.03 bits per heavy atom. The third kappa shape index (κ3) is 7.99. The van der Waals surface area contributed by atoms with Crippen molar-refractivity contribution < 1.29 is 22.7 Å². The number of nitrogens with one attached hydrogen (secondary N) is 1. The minimum Gasteiger partial charge on any atom is -0.497 e. The molecule has 0 aliphatic carbocycles. The van der Waals surface area contributed by atoms with Crippen molar-refractivity contribution >= 4 is 27.5 Å². The van der Waals surface area contributed by atoms with Gasteiger partial charge in [0.25, 0.3) is 0 Å². The monoisotopic (exact) mass is 503 g/mol. The molecule has 35 heavy (non-hydrogen) atoms. The normalized spacial score (nSPS) is 12.2. The SMILES string of the molecule is COc1cccc(CN(C(=O)CN(c2ccc(C)c(C)c2)S(C)(=O)=O)[C@H](C)C(=O)NCC(C)C)c1. The highest BCUT2D eigenvalue weighted by Gasteiger charge is 2.30. The summed E-state index contributed by atoms with van der Waals surface area (Å²) in [6.07, 6.45) is 1.07. The first-order valence-electron chi connectivity index (χ1n) is 11.6. The third-order valence-electron chi connectivity index (χ3n) is 5.80. The van der Waals surface area contributed by atoms with Gasteiger partial charge in [0, 0.05) is 13.1 Å². The van der Waals surface area contributed by atoms with Crippen molar-refractivity contribution in [2.45, 2.75) is 47.2 Å². The molecule has 2 amide bonds. The minimum absolute atomic E-state index is 0.122. The van der Waals surface area contributed by atoms with Crippen LogP contribution in [-0.2, 0) is 26.2 Å². The van der Waals surface area contributed by atoms with E-state index in [4.69, 9.17) is 4.74 Å². The molecule has 0 heterocycles. The third-order valence-corrected chi connectivity index (χ3v) is 6.94. The van der Waals surface area contributed by atoms with Gasteiger partial charge in [0.15, 0.2) is 0 Å². The predicted octanol–water partition coefficient (Wildman–Crippen LogP) is 3.27. The smallest absolute Gasteiger partial charge is 0.244 e. The summed E-state index contributed by atoms with van der Waals surface area (Å²) in [6, 6.07) is 11.7. The molecule has 0 unspecified atom stereocenters. The lowest BCUT2D eigenvalue weighted by Crippen LogP contribution is -2.51. The number of ether oxygens (including phenoxy) is 1. The number of carbonyl (C=O) groups excluding carboxylic acids is 2. The number of methoxy groups -OCH3 is 1. The van der Waals surface area contributed by atoms with E-state index in [9.17, 15) is 18.0 Å². The molecule has 2 aromatic rings. The zero-order chi connectivity index (χ0) is 26.3. The molecule has 1 atom stereocenters. The van der Waals surface area contributed by atoms with Crippen molar-refractivity contribution in [2.75, 3.05) is 30.8 Å². The van der Waals surface area contributed by atoms with Gasteiger partial charge in [-0.25, -0.2) is 8.42 Å². The van der Waals surface area contributed by atoms with E-state index in [2.05, 4.69) is 5.32 Å². The van der Waals surface area contributed by atoms with Crippen LogP contribution in [0.1, 0.15) is 37.5 Å². The molecular weight excluding hydrogens is 466 g/mol. The fourth-order valence-electron chi connectivity index (χ4n) is 3.50. The second kappa shape index (κ2) is 12.1. The number of hydrogen-bond acceptors (Lipinski definition) is 5. The van der Waals surface area contributed by atoms with Crippen molar-refractivity contribution in [3.8, 4) is 5.75 Å². The Morgan fingerprint density at radius 2 is 1.71 bits per heavy atom. The lowest BCUT2D eigenvalue weighted by Gasteiger charge is -2.31. The molecule has 8 nitrogen and oxygen atoms in total. The van der Waals surface area contributed by atoms with Gasteiger partial charge in [-0.1, -0.05) is 32.0 Å². The number of benzene rings is 2. The van der Waals surface area contributed by atoms with Crippen molar-refractivity contribution in [3.63, 3.8) is 0 Å². The Morgan fingerprint density at radius 3 is 2.29 bits per heavy atom. The van der Waals surface area contributed by atoms with Crippen LogP contribution >= 0.6 is 0 Å². The maximum Gasteiger partial charge on any atom is 0.244 e. The van der Waals surface area contributed by atoms with Crippen LogP contribution < -0.4 is 14.4 Å². The summed E-state index contributed by atoms with van der Waals surface area (Å²) in [7, 11) is -2.21. The maximum absolute atomic E-state index is 13.6. The van der Waals surface area contributed by atoms with Gasteiger partial charge in [-0.2, -0.15) is 0 Å². The lowest BCUT2D eigenvalue weighted by atomic mass is 10.1. The molecule has 2 rings (SSSR count). The van der Waals surface area contributed by atoms with Crippen LogP contribution in [0, 0.1) is 19.8 Å². The van der Waals surface area contributed by atoms with Gasteiger partial charge in [0.2, 0.25) is 21.8 Å². The van der Waals surface area contributed by atoms with Crippen molar-refractivity contribution in [2.24, 2.45) is 5.92 Å². The van der Waals surface area contributed by atoms with Crippen molar-refractivity contribution in [1.29, 1.82) is 0 Å². The van der Waals surface area contributed by atoms with Gasteiger partial charge >= 0.3 is 0 Å². The fraction of sp³-hybridized carbons (Fsp3) is 0.462. The number of nitrogens with zero attached hydrogens (tertiary/aromatic N) is 2. The van der Waals surface area contributed by atoms with E-state index < -0.39 is 28.5 Å². The Kier molecular flexibility index (Phi) is 9.71. The van der Waals surface area contributed by atoms with Crippen LogP contribution in [-0.4, -0.2) is 57.6 Å². The fourth-order valence-corrected chi connectivity index (χ4v) is 4.34.